The van der Waals surface area contributed by atoms with E-state index in [-0.39, 0.29) is 6.09 Å². The third kappa shape index (κ3) is 1.90. The second-order valence-electron chi connectivity index (χ2n) is 2.89. The fourth-order valence-electron chi connectivity index (χ4n) is 1.21. The van der Waals surface area contributed by atoms with Crippen molar-refractivity contribution in [2.75, 3.05) is 18.6 Å². The molecule has 2 rings (SSSR count). The molecule has 74 valence electrons. The summed E-state index contributed by atoms with van der Waals surface area (Å²) in [7, 11) is 0. The minimum atomic E-state index is -0.357. The third-order valence-electron chi connectivity index (χ3n) is 1.85. The van der Waals surface area contributed by atoms with E-state index < -0.39 is 0 Å². The van der Waals surface area contributed by atoms with Crippen molar-refractivity contribution in [2.24, 2.45) is 0 Å². The van der Waals surface area contributed by atoms with Crippen LogP contribution < -0.4 is 5.43 Å². The molecule has 1 aromatic rings. The number of hydrogen-bond donors (Lipinski definition) is 1. The highest BCUT2D eigenvalue weighted by atomic mass is 35.5. The van der Waals surface area contributed by atoms with Crippen molar-refractivity contribution in [3.63, 3.8) is 0 Å². The smallest absolute Gasteiger partial charge is 0.428 e. The highest BCUT2D eigenvalue weighted by Crippen LogP contribution is 2.16. The van der Waals surface area contributed by atoms with Gasteiger partial charge in [-0.2, -0.15) is 0 Å². The number of nitrogens with zero attached hydrogens (tertiary/aromatic N) is 1. The average Bonchev–Trinajstić information content (AvgIpc) is 2.52. The lowest BCUT2D eigenvalue weighted by atomic mass is 10.3. The number of hydrazine groups is 1. The second kappa shape index (κ2) is 3.75. The first-order valence-electron chi connectivity index (χ1n) is 4.22. The Bertz CT molecular complexity index is 356. The Morgan fingerprint density at radius 2 is 2.36 bits per heavy atom. The maximum absolute atomic E-state index is 11.1. The molecule has 0 atom stereocenters. The molecule has 1 aromatic carbocycles. The molecule has 1 aliphatic heterocycles. The van der Waals surface area contributed by atoms with Gasteiger partial charge in [-0.1, -0.05) is 17.7 Å². The van der Waals surface area contributed by atoms with E-state index in [2.05, 4.69) is 5.43 Å². The molecule has 1 aliphatic rings. The highest BCUT2D eigenvalue weighted by Gasteiger charge is 2.21. The Labute approximate surface area is 86.4 Å². The van der Waals surface area contributed by atoms with Crippen molar-refractivity contribution in [2.45, 2.75) is 0 Å². The van der Waals surface area contributed by atoms with Gasteiger partial charge in [-0.3, -0.25) is 5.43 Å². The van der Waals surface area contributed by atoms with E-state index in [1.807, 2.05) is 12.1 Å². The summed E-state index contributed by atoms with van der Waals surface area (Å²) in [4.78, 5) is 11.1. The molecule has 1 N–H and O–H groups in total. The maximum Gasteiger partial charge on any atom is 0.428 e. The zero-order valence-corrected chi connectivity index (χ0v) is 8.12. The molecule has 1 amide bonds. The van der Waals surface area contributed by atoms with Crippen molar-refractivity contribution in [3.8, 4) is 0 Å². The number of amides is 1. The van der Waals surface area contributed by atoms with Crippen LogP contribution in [0.2, 0.25) is 5.02 Å². The summed E-state index contributed by atoms with van der Waals surface area (Å²) in [5, 5.41) is 2.04. The summed E-state index contributed by atoms with van der Waals surface area (Å²) >= 11 is 5.79. The molecule has 0 bridgehead atoms. The monoisotopic (exact) mass is 212 g/mol. The number of carbonyl (C=O) groups excluding carboxylic acids is 1. The Hall–Kier alpha value is -1.42. The fraction of sp³-hybridized carbons (Fsp3) is 0.222. The average molecular weight is 213 g/mol. The van der Waals surface area contributed by atoms with Crippen molar-refractivity contribution >= 4 is 23.4 Å². The van der Waals surface area contributed by atoms with Crippen molar-refractivity contribution in [1.82, 2.24) is 5.01 Å². The lowest BCUT2D eigenvalue weighted by molar-refractivity contribution is 0.163. The zero-order chi connectivity index (χ0) is 9.97. The Morgan fingerprint density at radius 1 is 1.50 bits per heavy atom. The molecule has 4 nitrogen and oxygen atoms in total. The van der Waals surface area contributed by atoms with E-state index in [9.17, 15) is 4.79 Å². The quantitative estimate of drug-likeness (QED) is 0.817. The van der Waals surface area contributed by atoms with E-state index >= 15 is 0 Å². The number of ether oxygens (including phenoxy) is 1. The Kier molecular flexibility index (Phi) is 2.45. The van der Waals surface area contributed by atoms with Gasteiger partial charge < -0.3 is 4.74 Å². The van der Waals surface area contributed by atoms with Gasteiger partial charge in [0.15, 0.2) is 0 Å². The summed E-state index contributed by atoms with van der Waals surface area (Å²) in [5.74, 6) is 0. The molecule has 1 heterocycles. The number of anilines is 1. The number of halogens is 1. The van der Waals surface area contributed by atoms with Crippen LogP contribution in [0.4, 0.5) is 10.5 Å². The topological polar surface area (TPSA) is 41.6 Å². The largest absolute Gasteiger partial charge is 0.446 e. The summed E-state index contributed by atoms with van der Waals surface area (Å²) in [6.45, 7) is 0.970. The first-order chi connectivity index (χ1) is 6.75. The zero-order valence-electron chi connectivity index (χ0n) is 7.37. The molecule has 1 saturated heterocycles. The molecule has 14 heavy (non-hydrogen) atoms. The standard InChI is InChI=1S/C9H9ClN2O2/c10-7-2-1-3-8(6-7)11-12-4-5-14-9(12)13/h1-3,6,11H,4-5H2. The number of cyclic esters (lactones) is 1. The lowest BCUT2D eigenvalue weighted by Gasteiger charge is -2.15. The van der Waals surface area contributed by atoms with Crippen molar-refractivity contribution < 1.29 is 9.53 Å². The van der Waals surface area contributed by atoms with Gasteiger partial charge in [0.05, 0.1) is 12.2 Å². The van der Waals surface area contributed by atoms with Crippen molar-refractivity contribution in [3.05, 3.63) is 29.3 Å². The van der Waals surface area contributed by atoms with Gasteiger partial charge in [0.25, 0.3) is 0 Å². The molecular formula is C9H9ClN2O2. The molecule has 0 spiro atoms. The summed E-state index contributed by atoms with van der Waals surface area (Å²) < 4.78 is 4.76. The highest BCUT2D eigenvalue weighted by molar-refractivity contribution is 6.30. The molecule has 5 heteroatoms. The number of benzene rings is 1. The predicted molar refractivity (Wildman–Crippen MR) is 53.1 cm³/mol. The number of carbonyl (C=O) groups is 1. The normalized spacial score (nSPS) is 15.5. The minimum Gasteiger partial charge on any atom is -0.446 e. The molecular weight excluding hydrogens is 204 g/mol. The van der Waals surface area contributed by atoms with Gasteiger partial charge in [0.2, 0.25) is 0 Å². The van der Waals surface area contributed by atoms with E-state index in [0.717, 1.165) is 5.69 Å². The van der Waals surface area contributed by atoms with E-state index in [4.69, 9.17) is 16.3 Å². The van der Waals surface area contributed by atoms with Crippen LogP contribution in [0.5, 0.6) is 0 Å². The SMILES string of the molecule is O=C1OCCN1Nc1cccc(Cl)c1. The van der Waals surface area contributed by atoms with Crippen LogP contribution in [0.3, 0.4) is 0 Å². The fourth-order valence-corrected chi connectivity index (χ4v) is 1.40. The van der Waals surface area contributed by atoms with Gasteiger partial charge in [-0.05, 0) is 18.2 Å². The van der Waals surface area contributed by atoms with Gasteiger partial charge in [0.1, 0.15) is 6.61 Å². The first-order valence-corrected chi connectivity index (χ1v) is 4.60. The molecule has 1 fully saturated rings. The van der Waals surface area contributed by atoms with Crippen LogP contribution in [0.25, 0.3) is 0 Å². The summed E-state index contributed by atoms with van der Waals surface area (Å²) in [6.07, 6.45) is -0.357. The van der Waals surface area contributed by atoms with E-state index in [0.29, 0.717) is 18.2 Å². The molecule has 0 aliphatic carbocycles. The maximum atomic E-state index is 11.1. The third-order valence-corrected chi connectivity index (χ3v) is 2.08. The second-order valence-corrected chi connectivity index (χ2v) is 3.32. The van der Waals surface area contributed by atoms with Crippen LogP contribution in [0.15, 0.2) is 24.3 Å². The van der Waals surface area contributed by atoms with Gasteiger partial charge in [0, 0.05) is 5.02 Å². The number of hydrogen-bond acceptors (Lipinski definition) is 3. The lowest BCUT2D eigenvalue weighted by Crippen LogP contribution is -2.30. The molecule has 0 aromatic heterocycles. The first kappa shape index (κ1) is 9.15. The molecule has 0 radical (unpaired) electrons. The van der Waals surface area contributed by atoms with Crippen LogP contribution in [0.1, 0.15) is 0 Å². The van der Waals surface area contributed by atoms with Gasteiger partial charge >= 0.3 is 6.09 Å². The number of rotatable bonds is 2. The summed E-state index contributed by atoms with van der Waals surface area (Å²) in [5.41, 5.74) is 3.68. The van der Waals surface area contributed by atoms with Gasteiger partial charge in [-0.25, -0.2) is 9.80 Å². The Morgan fingerprint density at radius 3 is 3.00 bits per heavy atom. The number of nitrogens with one attached hydrogen (secondary N) is 1. The molecule has 0 unspecified atom stereocenters. The van der Waals surface area contributed by atoms with Crippen molar-refractivity contribution in [1.29, 1.82) is 0 Å². The van der Waals surface area contributed by atoms with Crippen LogP contribution in [-0.2, 0) is 4.74 Å². The minimum absolute atomic E-state index is 0.357. The van der Waals surface area contributed by atoms with Crippen LogP contribution in [0, 0.1) is 0 Å². The van der Waals surface area contributed by atoms with E-state index in [1.54, 1.807) is 12.1 Å². The molecule has 0 saturated carbocycles. The Balaban J connectivity index is 2.07. The van der Waals surface area contributed by atoms with E-state index in [1.165, 1.54) is 5.01 Å². The summed E-state index contributed by atoms with van der Waals surface area (Å²) in [6, 6.07) is 7.16. The van der Waals surface area contributed by atoms with Crippen LogP contribution in [-0.4, -0.2) is 24.3 Å². The van der Waals surface area contributed by atoms with Gasteiger partial charge in [-0.15, -0.1) is 0 Å². The van der Waals surface area contributed by atoms with Crippen LogP contribution >= 0.6 is 11.6 Å². The predicted octanol–water partition coefficient (Wildman–Crippen LogP) is 2.12.